The van der Waals surface area contributed by atoms with Crippen molar-refractivity contribution >= 4 is 28.8 Å². The number of hydrogen-bond acceptors (Lipinski definition) is 6. The Morgan fingerprint density at radius 1 is 1.03 bits per heavy atom. The van der Waals surface area contributed by atoms with Crippen LogP contribution in [-0.2, 0) is 30.2 Å². The molecule has 2 aromatic heterocycles. The van der Waals surface area contributed by atoms with Gasteiger partial charge in [-0.3, -0.25) is 18.7 Å². The van der Waals surface area contributed by atoms with Gasteiger partial charge in [-0.25, -0.2) is 9.78 Å². The zero-order chi connectivity index (χ0) is 22.4. The SMILES string of the molecule is CCCCCCCCn1c(SCC(=O)N2CCOCC2)nc2c1c(=O)n(C)c(=O)n2C. The van der Waals surface area contributed by atoms with Crippen LogP contribution in [0.5, 0.6) is 0 Å². The van der Waals surface area contributed by atoms with Gasteiger partial charge in [0.1, 0.15) is 0 Å². The number of nitrogens with zero attached hydrogens (tertiary/aromatic N) is 5. The quantitative estimate of drug-likeness (QED) is 0.404. The van der Waals surface area contributed by atoms with Gasteiger partial charge < -0.3 is 14.2 Å². The normalized spacial score (nSPS) is 14.5. The number of morpholine rings is 1. The summed E-state index contributed by atoms with van der Waals surface area (Å²) in [6.45, 7) is 5.16. The number of amides is 1. The molecule has 1 amide bonds. The van der Waals surface area contributed by atoms with Crippen molar-refractivity contribution in [2.24, 2.45) is 14.1 Å². The lowest BCUT2D eigenvalue weighted by atomic mass is 10.1. The van der Waals surface area contributed by atoms with E-state index in [4.69, 9.17) is 4.74 Å². The molecule has 1 aliphatic heterocycles. The first kappa shape index (κ1) is 23.6. The van der Waals surface area contributed by atoms with Crippen LogP contribution in [0.2, 0.25) is 0 Å². The highest BCUT2D eigenvalue weighted by Crippen LogP contribution is 2.23. The predicted molar refractivity (Wildman–Crippen MR) is 122 cm³/mol. The molecule has 0 radical (unpaired) electrons. The van der Waals surface area contributed by atoms with Gasteiger partial charge in [0.05, 0.1) is 19.0 Å². The first-order valence-electron chi connectivity index (χ1n) is 11.1. The molecule has 0 atom stereocenters. The number of aromatic nitrogens is 4. The maximum Gasteiger partial charge on any atom is 0.332 e. The zero-order valence-corrected chi connectivity index (χ0v) is 19.6. The van der Waals surface area contributed by atoms with Gasteiger partial charge in [-0.1, -0.05) is 50.8 Å². The van der Waals surface area contributed by atoms with Crippen LogP contribution in [0, 0.1) is 0 Å². The molecular formula is C21H33N5O4S. The van der Waals surface area contributed by atoms with E-state index in [1.54, 1.807) is 11.9 Å². The lowest BCUT2D eigenvalue weighted by Crippen LogP contribution is -2.41. The van der Waals surface area contributed by atoms with Gasteiger partial charge in [-0.2, -0.15) is 0 Å². The number of thioether (sulfide) groups is 1. The number of carbonyl (C=O) groups excluding carboxylic acids is 1. The Kier molecular flexibility index (Phi) is 8.36. The van der Waals surface area contributed by atoms with Gasteiger partial charge in [-0.05, 0) is 6.42 Å². The fourth-order valence-electron chi connectivity index (χ4n) is 3.82. The molecule has 1 aliphatic rings. The fourth-order valence-corrected chi connectivity index (χ4v) is 4.75. The minimum absolute atomic E-state index is 0.0354. The number of aryl methyl sites for hydroxylation is 2. The van der Waals surface area contributed by atoms with E-state index in [2.05, 4.69) is 11.9 Å². The first-order chi connectivity index (χ1) is 15.0. The predicted octanol–water partition coefficient (Wildman–Crippen LogP) is 1.75. The third kappa shape index (κ3) is 5.41. The van der Waals surface area contributed by atoms with Gasteiger partial charge in [0, 0.05) is 33.7 Å². The second kappa shape index (κ2) is 11.0. The van der Waals surface area contributed by atoms with Crippen molar-refractivity contribution in [2.45, 2.75) is 57.1 Å². The molecule has 1 fully saturated rings. The molecule has 0 spiro atoms. The summed E-state index contributed by atoms with van der Waals surface area (Å²) >= 11 is 1.33. The van der Waals surface area contributed by atoms with Crippen LogP contribution < -0.4 is 11.2 Å². The molecule has 172 valence electrons. The molecule has 0 bridgehead atoms. The summed E-state index contributed by atoms with van der Waals surface area (Å²) in [5.74, 6) is 0.280. The average molecular weight is 452 g/mol. The minimum atomic E-state index is -0.400. The van der Waals surface area contributed by atoms with Gasteiger partial charge in [0.25, 0.3) is 5.56 Å². The summed E-state index contributed by atoms with van der Waals surface area (Å²) in [5, 5.41) is 0.614. The van der Waals surface area contributed by atoms with Gasteiger partial charge >= 0.3 is 5.69 Å². The Morgan fingerprint density at radius 3 is 2.42 bits per heavy atom. The van der Waals surface area contributed by atoms with E-state index in [1.807, 2.05) is 4.57 Å². The van der Waals surface area contributed by atoms with E-state index in [0.29, 0.717) is 49.2 Å². The van der Waals surface area contributed by atoms with Crippen LogP contribution >= 0.6 is 11.8 Å². The van der Waals surface area contributed by atoms with Crippen molar-refractivity contribution in [3.63, 3.8) is 0 Å². The standard InChI is InChI=1S/C21H33N5O4S/c1-4-5-6-7-8-9-10-26-17-18(23(2)21(29)24(3)19(17)28)22-20(26)31-15-16(27)25-11-13-30-14-12-25/h4-15H2,1-3H3. The van der Waals surface area contributed by atoms with Crippen molar-refractivity contribution in [1.82, 2.24) is 23.6 Å². The number of unbranched alkanes of at least 4 members (excludes halogenated alkanes) is 5. The molecule has 0 aliphatic carbocycles. The third-order valence-electron chi connectivity index (χ3n) is 5.74. The average Bonchev–Trinajstić information content (AvgIpc) is 3.16. The second-order valence-corrected chi connectivity index (χ2v) is 8.92. The van der Waals surface area contributed by atoms with Crippen LogP contribution in [0.25, 0.3) is 11.2 Å². The Balaban J connectivity index is 1.83. The summed E-state index contributed by atoms with van der Waals surface area (Å²) in [6.07, 6.45) is 6.81. The van der Waals surface area contributed by atoms with Gasteiger partial charge in [0.15, 0.2) is 16.3 Å². The highest BCUT2D eigenvalue weighted by molar-refractivity contribution is 7.99. The topological polar surface area (TPSA) is 91.4 Å². The summed E-state index contributed by atoms with van der Waals surface area (Å²) in [5.41, 5.74) is 0.0606. The molecule has 0 saturated carbocycles. The molecule has 9 nitrogen and oxygen atoms in total. The van der Waals surface area contributed by atoms with Crippen molar-refractivity contribution in [2.75, 3.05) is 32.1 Å². The van der Waals surface area contributed by atoms with E-state index < -0.39 is 5.69 Å². The molecule has 31 heavy (non-hydrogen) atoms. The summed E-state index contributed by atoms with van der Waals surface area (Å²) in [6, 6.07) is 0. The highest BCUT2D eigenvalue weighted by Gasteiger charge is 2.22. The number of imidazole rings is 1. The van der Waals surface area contributed by atoms with Crippen LogP contribution in [0.3, 0.4) is 0 Å². The molecule has 3 heterocycles. The number of hydrogen-bond donors (Lipinski definition) is 0. The summed E-state index contributed by atoms with van der Waals surface area (Å²) in [7, 11) is 3.11. The van der Waals surface area contributed by atoms with E-state index in [9.17, 15) is 14.4 Å². The minimum Gasteiger partial charge on any atom is -0.378 e. The summed E-state index contributed by atoms with van der Waals surface area (Å²) < 4.78 is 9.74. The lowest BCUT2D eigenvalue weighted by Gasteiger charge is -2.26. The van der Waals surface area contributed by atoms with Gasteiger partial charge in [0.2, 0.25) is 5.91 Å². The highest BCUT2D eigenvalue weighted by atomic mass is 32.2. The van der Waals surface area contributed by atoms with Crippen LogP contribution in [0.15, 0.2) is 14.7 Å². The monoisotopic (exact) mass is 451 g/mol. The number of fused-ring (bicyclic) bond motifs is 1. The van der Waals surface area contributed by atoms with Gasteiger partial charge in [-0.15, -0.1) is 0 Å². The third-order valence-corrected chi connectivity index (χ3v) is 6.70. The Labute approximate surface area is 186 Å². The molecule has 2 aromatic rings. The van der Waals surface area contributed by atoms with E-state index in [-0.39, 0.29) is 17.2 Å². The molecule has 0 unspecified atom stereocenters. The van der Waals surface area contributed by atoms with Crippen LogP contribution in [0.1, 0.15) is 45.4 Å². The van der Waals surface area contributed by atoms with E-state index in [0.717, 1.165) is 23.8 Å². The van der Waals surface area contributed by atoms with Crippen molar-refractivity contribution in [1.29, 1.82) is 0 Å². The van der Waals surface area contributed by atoms with E-state index in [1.165, 1.54) is 42.6 Å². The molecule has 0 N–H and O–H groups in total. The fraction of sp³-hybridized carbons (Fsp3) is 0.714. The number of carbonyl (C=O) groups is 1. The maximum absolute atomic E-state index is 12.9. The smallest absolute Gasteiger partial charge is 0.332 e. The molecule has 10 heteroatoms. The van der Waals surface area contributed by atoms with Crippen LogP contribution in [0.4, 0.5) is 0 Å². The lowest BCUT2D eigenvalue weighted by molar-refractivity contribution is -0.132. The van der Waals surface area contributed by atoms with Crippen LogP contribution in [-0.4, -0.2) is 61.5 Å². The maximum atomic E-state index is 12.9. The molecule has 0 aromatic carbocycles. The largest absolute Gasteiger partial charge is 0.378 e. The van der Waals surface area contributed by atoms with E-state index >= 15 is 0 Å². The van der Waals surface area contributed by atoms with Crippen molar-refractivity contribution in [3.05, 3.63) is 20.8 Å². The number of ether oxygens (including phenoxy) is 1. The Hall–Kier alpha value is -2.07. The Morgan fingerprint density at radius 2 is 1.71 bits per heavy atom. The Bertz CT molecular complexity index is 1020. The zero-order valence-electron chi connectivity index (χ0n) is 18.8. The van der Waals surface area contributed by atoms with Crippen molar-refractivity contribution in [3.8, 4) is 0 Å². The molecule has 1 saturated heterocycles. The molecule has 3 rings (SSSR count). The molecular weight excluding hydrogens is 418 g/mol. The number of rotatable bonds is 10. The summed E-state index contributed by atoms with van der Waals surface area (Å²) in [4.78, 5) is 44.2. The second-order valence-electron chi connectivity index (χ2n) is 7.97. The first-order valence-corrected chi connectivity index (χ1v) is 12.1. The van der Waals surface area contributed by atoms with Crippen molar-refractivity contribution < 1.29 is 9.53 Å².